The fourth-order valence-electron chi connectivity index (χ4n) is 4.39. The smallest absolute Gasteiger partial charge is 0.325 e. The minimum Gasteiger partial charge on any atom is -0.489 e. The monoisotopic (exact) mass is 435 g/mol. The molecule has 0 bridgehead atoms. The van der Waals surface area contributed by atoms with Gasteiger partial charge >= 0.3 is 6.03 Å². The predicted molar refractivity (Wildman–Crippen MR) is 120 cm³/mol. The molecule has 2 N–H and O–H groups in total. The molecule has 32 heavy (non-hydrogen) atoms. The topological polar surface area (TPSA) is 87.7 Å². The number of imide groups is 1. The first kappa shape index (κ1) is 21.9. The Morgan fingerprint density at radius 3 is 2.53 bits per heavy atom. The highest BCUT2D eigenvalue weighted by Gasteiger charge is 2.50. The van der Waals surface area contributed by atoms with Gasteiger partial charge in [0.25, 0.3) is 5.91 Å². The Kier molecular flexibility index (Phi) is 6.73. The van der Waals surface area contributed by atoms with Gasteiger partial charge in [0, 0.05) is 19.5 Å². The second-order valence-corrected chi connectivity index (χ2v) is 8.48. The molecule has 1 saturated heterocycles. The molecule has 168 valence electrons. The predicted octanol–water partition coefficient (Wildman–Crippen LogP) is 3.53. The van der Waals surface area contributed by atoms with E-state index in [-0.39, 0.29) is 30.8 Å². The van der Waals surface area contributed by atoms with Crippen LogP contribution in [0.5, 0.6) is 5.75 Å². The summed E-state index contributed by atoms with van der Waals surface area (Å²) in [4.78, 5) is 38.6. The first-order valence-corrected chi connectivity index (χ1v) is 11.2. The molecule has 1 spiro atoms. The number of hydrogen-bond acceptors (Lipinski definition) is 4. The Morgan fingerprint density at radius 2 is 1.75 bits per heavy atom. The van der Waals surface area contributed by atoms with Crippen molar-refractivity contribution >= 4 is 17.8 Å². The molecule has 0 atom stereocenters. The molecule has 1 aliphatic heterocycles. The number of benzene rings is 2. The largest absolute Gasteiger partial charge is 0.489 e. The zero-order chi connectivity index (χ0) is 22.4. The number of urea groups is 1. The van der Waals surface area contributed by atoms with Crippen LogP contribution in [0.15, 0.2) is 54.6 Å². The van der Waals surface area contributed by atoms with Crippen molar-refractivity contribution in [1.29, 1.82) is 0 Å². The summed E-state index contributed by atoms with van der Waals surface area (Å²) < 4.78 is 5.77. The molecule has 2 aromatic rings. The second-order valence-electron chi connectivity index (χ2n) is 8.48. The number of hydrogen-bond donors (Lipinski definition) is 2. The highest BCUT2D eigenvalue weighted by Crippen LogP contribution is 2.33. The number of carbonyl (C=O) groups excluding carboxylic acids is 3. The summed E-state index contributed by atoms with van der Waals surface area (Å²) in [5, 5.41) is 5.75. The molecule has 0 unspecified atom stereocenters. The molecule has 0 radical (unpaired) electrons. The van der Waals surface area contributed by atoms with Crippen molar-refractivity contribution in [3.05, 3.63) is 65.7 Å². The third kappa shape index (κ3) is 5.10. The summed E-state index contributed by atoms with van der Waals surface area (Å²) in [6.07, 6.45) is 4.43. The summed E-state index contributed by atoms with van der Waals surface area (Å²) in [5.41, 5.74) is 1.23. The lowest BCUT2D eigenvalue weighted by atomic mass is 9.82. The van der Waals surface area contributed by atoms with Gasteiger partial charge in [0.2, 0.25) is 5.91 Å². The van der Waals surface area contributed by atoms with Crippen molar-refractivity contribution in [2.45, 2.75) is 57.2 Å². The van der Waals surface area contributed by atoms with Crippen molar-refractivity contribution in [3.8, 4) is 5.75 Å². The maximum absolute atomic E-state index is 12.8. The van der Waals surface area contributed by atoms with Crippen LogP contribution < -0.4 is 15.4 Å². The highest BCUT2D eigenvalue weighted by molar-refractivity contribution is 6.07. The molecule has 2 aliphatic rings. The fourth-order valence-corrected chi connectivity index (χ4v) is 4.39. The molecule has 1 aliphatic carbocycles. The van der Waals surface area contributed by atoms with E-state index in [1.165, 1.54) is 4.90 Å². The third-order valence-electron chi connectivity index (χ3n) is 6.15. The number of amides is 4. The number of rotatable bonds is 8. The van der Waals surface area contributed by atoms with Crippen molar-refractivity contribution in [2.75, 3.05) is 6.54 Å². The molecule has 1 heterocycles. The van der Waals surface area contributed by atoms with Crippen LogP contribution in [0.1, 0.15) is 49.7 Å². The maximum atomic E-state index is 12.8. The van der Waals surface area contributed by atoms with E-state index in [1.807, 2.05) is 54.6 Å². The quantitative estimate of drug-likeness (QED) is 0.621. The van der Waals surface area contributed by atoms with Crippen LogP contribution in [-0.2, 0) is 22.7 Å². The third-order valence-corrected chi connectivity index (χ3v) is 6.15. The number of nitrogens with one attached hydrogen (secondary N) is 2. The van der Waals surface area contributed by atoms with Gasteiger partial charge in [-0.2, -0.15) is 0 Å². The van der Waals surface area contributed by atoms with Crippen LogP contribution in [0, 0.1) is 0 Å². The van der Waals surface area contributed by atoms with E-state index in [1.54, 1.807) is 0 Å². The molecular formula is C25H29N3O4. The summed E-state index contributed by atoms with van der Waals surface area (Å²) in [5.74, 6) is 0.434. The molecule has 7 heteroatoms. The molecule has 1 saturated carbocycles. The van der Waals surface area contributed by atoms with Gasteiger partial charge in [0.1, 0.15) is 17.9 Å². The number of para-hydroxylation sites is 1. The molecule has 2 fully saturated rings. The Bertz CT molecular complexity index is 970. The van der Waals surface area contributed by atoms with Crippen molar-refractivity contribution in [2.24, 2.45) is 0 Å². The van der Waals surface area contributed by atoms with E-state index in [9.17, 15) is 14.4 Å². The zero-order valence-electron chi connectivity index (χ0n) is 18.1. The van der Waals surface area contributed by atoms with Gasteiger partial charge in [-0.05, 0) is 36.1 Å². The number of carbonyl (C=O) groups is 3. The standard InChI is InChI=1S/C25H29N3O4/c29-22(12-15-28-23(30)25(27-24(28)31)13-5-2-6-14-25)26-17-19-8-7-9-20(16-19)18-32-21-10-3-1-4-11-21/h1,3-4,7-11,16H,2,5-6,12-15,17-18H2,(H,26,29)(H,27,31). The lowest BCUT2D eigenvalue weighted by Gasteiger charge is -2.30. The maximum Gasteiger partial charge on any atom is 0.325 e. The Labute approximate surface area is 188 Å². The highest BCUT2D eigenvalue weighted by atomic mass is 16.5. The minimum atomic E-state index is -0.742. The van der Waals surface area contributed by atoms with Gasteiger partial charge in [0.15, 0.2) is 0 Å². The van der Waals surface area contributed by atoms with E-state index in [0.29, 0.717) is 26.0 Å². The summed E-state index contributed by atoms with van der Waals surface area (Å²) in [6, 6.07) is 17.1. The van der Waals surface area contributed by atoms with Crippen LogP contribution in [0.2, 0.25) is 0 Å². The van der Waals surface area contributed by atoms with Gasteiger partial charge < -0.3 is 15.4 Å². The number of ether oxygens (including phenoxy) is 1. The normalized spacial score (nSPS) is 17.3. The van der Waals surface area contributed by atoms with Crippen LogP contribution in [0.4, 0.5) is 4.79 Å². The van der Waals surface area contributed by atoms with Crippen LogP contribution >= 0.6 is 0 Å². The van der Waals surface area contributed by atoms with E-state index < -0.39 is 5.54 Å². The lowest BCUT2D eigenvalue weighted by Crippen LogP contribution is -2.48. The van der Waals surface area contributed by atoms with Crippen molar-refractivity contribution in [3.63, 3.8) is 0 Å². The van der Waals surface area contributed by atoms with Gasteiger partial charge in [-0.3, -0.25) is 14.5 Å². The molecule has 2 aromatic carbocycles. The molecule has 4 rings (SSSR count). The van der Waals surface area contributed by atoms with E-state index in [2.05, 4.69) is 10.6 Å². The minimum absolute atomic E-state index is 0.0893. The van der Waals surface area contributed by atoms with E-state index in [0.717, 1.165) is 36.1 Å². The van der Waals surface area contributed by atoms with Crippen molar-refractivity contribution in [1.82, 2.24) is 15.5 Å². The van der Waals surface area contributed by atoms with E-state index >= 15 is 0 Å². The zero-order valence-corrected chi connectivity index (χ0v) is 18.1. The number of nitrogens with zero attached hydrogens (tertiary/aromatic N) is 1. The Balaban J connectivity index is 1.24. The van der Waals surface area contributed by atoms with Crippen molar-refractivity contribution < 1.29 is 19.1 Å². The van der Waals surface area contributed by atoms with Crippen LogP contribution in [0.3, 0.4) is 0 Å². The molecular weight excluding hydrogens is 406 g/mol. The summed E-state index contributed by atoms with van der Waals surface area (Å²) in [6.45, 7) is 0.922. The summed E-state index contributed by atoms with van der Waals surface area (Å²) in [7, 11) is 0. The molecule has 4 amide bonds. The second kappa shape index (κ2) is 9.85. The lowest BCUT2D eigenvalue weighted by molar-refractivity contribution is -0.132. The average Bonchev–Trinajstić information content (AvgIpc) is 3.04. The Morgan fingerprint density at radius 1 is 1.00 bits per heavy atom. The van der Waals surface area contributed by atoms with Crippen LogP contribution in [0.25, 0.3) is 0 Å². The van der Waals surface area contributed by atoms with Gasteiger partial charge in [0.05, 0.1) is 0 Å². The Hall–Kier alpha value is -3.35. The summed E-state index contributed by atoms with van der Waals surface area (Å²) >= 11 is 0. The first-order chi connectivity index (χ1) is 15.6. The fraction of sp³-hybridized carbons (Fsp3) is 0.400. The molecule has 7 nitrogen and oxygen atoms in total. The SMILES string of the molecule is O=C(CCN1C(=O)NC2(CCCCC2)C1=O)NCc1cccc(COc2ccccc2)c1. The average molecular weight is 436 g/mol. The van der Waals surface area contributed by atoms with Gasteiger partial charge in [-0.25, -0.2) is 4.79 Å². The van der Waals surface area contributed by atoms with E-state index in [4.69, 9.17) is 4.74 Å². The first-order valence-electron chi connectivity index (χ1n) is 11.2. The van der Waals surface area contributed by atoms with Gasteiger partial charge in [-0.15, -0.1) is 0 Å². The molecule has 0 aromatic heterocycles. The van der Waals surface area contributed by atoms with Gasteiger partial charge in [-0.1, -0.05) is 61.7 Å². The van der Waals surface area contributed by atoms with Crippen LogP contribution in [-0.4, -0.2) is 34.8 Å².